The number of ether oxygens (including phenoxy) is 1. The molecule has 2 heterocycles. The third-order valence-electron chi connectivity index (χ3n) is 5.97. The molecule has 1 aromatic carbocycles. The number of likely N-dealkylation sites (tertiary alicyclic amines) is 1. The van der Waals surface area contributed by atoms with E-state index in [2.05, 4.69) is 29.4 Å². The topological polar surface area (TPSA) is 90.5 Å². The molecule has 1 atom stereocenters. The molecule has 1 aromatic heterocycles. The van der Waals surface area contributed by atoms with E-state index in [0.717, 1.165) is 29.3 Å². The maximum atomic E-state index is 12.2. The van der Waals surface area contributed by atoms with Crippen molar-refractivity contribution < 1.29 is 14.6 Å². The van der Waals surface area contributed by atoms with Crippen LogP contribution in [0, 0.1) is 11.3 Å². The molecule has 3 rings (SSSR count). The average molecular weight is 409 g/mol. The van der Waals surface area contributed by atoms with E-state index in [-0.39, 0.29) is 17.4 Å². The van der Waals surface area contributed by atoms with Crippen LogP contribution >= 0.6 is 11.6 Å². The number of amides is 2. The fourth-order valence-electron chi connectivity index (χ4n) is 4.09. The van der Waals surface area contributed by atoms with E-state index in [1.165, 1.54) is 0 Å². The lowest BCUT2D eigenvalue weighted by molar-refractivity contribution is -0.0142. The quantitative estimate of drug-likeness (QED) is 0.639. The summed E-state index contributed by atoms with van der Waals surface area (Å²) in [5, 5.41) is 22.6. The minimum atomic E-state index is -0.682. The molecule has 0 saturated carbocycles. The third kappa shape index (κ3) is 4.26. The van der Waals surface area contributed by atoms with Gasteiger partial charge in [0.1, 0.15) is 0 Å². The first kappa shape index (κ1) is 20.9. The number of carbonyl (C=O) groups excluding carboxylic acids is 1. The lowest BCUT2D eigenvalue weighted by Gasteiger charge is -2.43. The summed E-state index contributed by atoms with van der Waals surface area (Å²) < 4.78 is 4.97. The van der Waals surface area contributed by atoms with Gasteiger partial charge in [0.2, 0.25) is 0 Å². The minimum Gasteiger partial charge on any atom is -0.388 e. The highest BCUT2D eigenvalue weighted by Gasteiger charge is 2.40. The van der Waals surface area contributed by atoms with Crippen molar-refractivity contribution in [1.29, 1.82) is 0 Å². The monoisotopic (exact) mass is 408 g/mol. The van der Waals surface area contributed by atoms with Gasteiger partial charge in [-0.05, 0) is 41.9 Å². The molecule has 1 saturated heterocycles. The number of hydrogen-bond donors (Lipinski definition) is 3. The predicted octanol–water partition coefficient (Wildman–Crippen LogP) is 3.34. The number of nitrogens with one attached hydrogen (secondary N) is 2. The van der Waals surface area contributed by atoms with E-state index >= 15 is 0 Å². The van der Waals surface area contributed by atoms with Crippen molar-refractivity contribution in [2.75, 3.05) is 33.4 Å². The Morgan fingerprint density at radius 1 is 1.46 bits per heavy atom. The molecule has 3 N–H and O–H groups in total. The molecule has 0 aliphatic carbocycles. The third-order valence-corrected chi connectivity index (χ3v) is 6.19. The van der Waals surface area contributed by atoms with Crippen LogP contribution in [0.3, 0.4) is 0 Å². The van der Waals surface area contributed by atoms with E-state index < -0.39 is 6.10 Å². The number of carbonyl (C=O) groups is 1. The van der Waals surface area contributed by atoms with Gasteiger partial charge in [-0.25, -0.2) is 4.79 Å². The van der Waals surface area contributed by atoms with Gasteiger partial charge in [-0.2, -0.15) is 5.10 Å². The Hall–Kier alpha value is -1.83. The summed E-state index contributed by atoms with van der Waals surface area (Å²) in [4.78, 5) is 14.1. The first-order valence-corrected chi connectivity index (χ1v) is 10.0. The highest BCUT2D eigenvalue weighted by atomic mass is 35.5. The van der Waals surface area contributed by atoms with Crippen LogP contribution in [-0.2, 0) is 4.74 Å². The van der Waals surface area contributed by atoms with Crippen LogP contribution in [0.5, 0.6) is 0 Å². The summed E-state index contributed by atoms with van der Waals surface area (Å²) in [6.07, 6.45) is 2.74. The number of H-pyrrole nitrogens is 1. The Morgan fingerprint density at radius 2 is 2.18 bits per heavy atom. The van der Waals surface area contributed by atoms with Crippen molar-refractivity contribution in [2.45, 2.75) is 32.8 Å². The van der Waals surface area contributed by atoms with Gasteiger partial charge < -0.3 is 20.1 Å². The number of halogens is 1. The number of rotatable bonds is 6. The van der Waals surface area contributed by atoms with Gasteiger partial charge in [0.05, 0.1) is 24.4 Å². The van der Waals surface area contributed by atoms with Crippen molar-refractivity contribution in [3.63, 3.8) is 0 Å². The number of piperidine rings is 1. The van der Waals surface area contributed by atoms with Gasteiger partial charge >= 0.3 is 6.03 Å². The van der Waals surface area contributed by atoms with Crippen molar-refractivity contribution in [1.82, 2.24) is 20.4 Å². The molecule has 0 radical (unpaired) electrons. The van der Waals surface area contributed by atoms with Crippen LogP contribution in [0.1, 0.15) is 38.4 Å². The Morgan fingerprint density at radius 3 is 2.86 bits per heavy atom. The fraction of sp³-hybridized carbons (Fsp3) is 0.600. The van der Waals surface area contributed by atoms with Crippen LogP contribution in [0.25, 0.3) is 10.9 Å². The maximum Gasteiger partial charge on any atom is 0.317 e. The Bertz CT molecular complexity index is 815. The highest BCUT2D eigenvalue weighted by molar-refractivity contribution is 6.31. The smallest absolute Gasteiger partial charge is 0.317 e. The molecule has 8 heteroatoms. The summed E-state index contributed by atoms with van der Waals surface area (Å²) in [5.41, 5.74) is 1.24. The lowest BCUT2D eigenvalue weighted by Crippen LogP contribution is -2.47. The average Bonchev–Trinajstić information content (AvgIpc) is 3.15. The molecule has 154 valence electrons. The number of aliphatic hydroxyl groups is 1. The molecule has 1 fully saturated rings. The van der Waals surface area contributed by atoms with Crippen LogP contribution in [0.2, 0.25) is 5.02 Å². The van der Waals surface area contributed by atoms with Gasteiger partial charge in [0, 0.05) is 37.2 Å². The highest BCUT2D eigenvalue weighted by Crippen LogP contribution is 2.46. The molecule has 1 unspecified atom stereocenters. The van der Waals surface area contributed by atoms with Gasteiger partial charge in [-0.3, -0.25) is 5.10 Å². The molecule has 2 aromatic rings. The number of fused-ring (bicyclic) bond motifs is 1. The summed E-state index contributed by atoms with van der Waals surface area (Å²) in [5.74, 6) is 0.284. The standard InChI is InChI=1S/C20H29ClN4O3/c1-20(2,13-4-7-25(8-5-13)19(27)22-6-9-28-3)18(26)15-10-14(21)11-17-16(15)12-23-24-17/h10-13,18,26H,4-9H2,1-3H3,(H,22,27)(H,23,24). The summed E-state index contributed by atoms with van der Waals surface area (Å²) in [6, 6.07) is 3.58. The van der Waals surface area contributed by atoms with Crippen LogP contribution < -0.4 is 5.32 Å². The SMILES string of the molecule is COCCNC(=O)N1CCC(C(C)(C)C(O)c2cc(Cl)cc3[nH]ncc23)CC1. The summed E-state index contributed by atoms with van der Waals surface area (Å²) in [6.45, 7) is 6.54. The number of hydrogen-bond acceptors (Lipinski definition) is 4. The molecular weight excluding hydrogens is 380 g/mol. The van der Waals surface area contributed by atoms with Crippen LogP contribution in [-0.4, -0.2) is 59.6 Å². The molecule has 7 nitrogen and oxygen atoms in total. The van der Waals surface area contributed by atoms with Crippen molar-refractivity contribution in [3.8, 4) is 0 Å². The molecule has 1 aliphatic rings. The zero-order chi connectivity index (χ0) is 20.3. The van der Waals surface area contributed by atoms with Crippen molar-refractivity contribution >= 4 is 28.5 Å². The van der Waals surface area contributed by atoms with E-state index in [1.807, 2.05) is 17.0 Å². The van der Waals surface area contributed by atoms with Crippen molar-refractivity contribution in [2.24, 2.45) is 11.3 Å². The number of aromatic amines is 1. The second-order valence-electron chi connectivity index (χ2n) is 8.04. The molecular formula is C20H29ClN4O3. The van der Waals surface area contributed by atoms with Crippen LogP contribution in [0.15, 0.2) is 18.3 Å². The molecule has 1 aliphatic heterocycles. The number of aliphatic hydroxyl groups excluding tert-OH is 1. The number of nitrogens with zero attached hydrogens (tertiary/aromatic N) is 2. The first-order valence-electron chi connectivity index (χ1n) is 9.67. The molecule has 28 heavy (non-hydrogen) atoms. The molecule has 0 bridgehead atoms. The summed E-state index contributed by atoms with van der Waals surface area (Å²) in [7, 11) is 1.61. The van der Waals surface area contributed by atoms with E-state index in [9.17, 15) is 9.90 Å². The Balaban J connectivity index is 1.68. The number of aromatic nitrogens is 2. The van der Waals surface area contributed by atoms with Gasteiger partial charge in [0.15, 0.2) is 0 Å². The minimum absolute atomic E-state index is 0.0520. The molecule has 2 amide bonds. The van der Waals surface area contributed by atoms with E-state index in [1.54, 1.807) is 13.3 Å². The van der Waals surface area contributed by atoms with Gasteiger partial charge in [-0.15, -0.1) is 0 Å². The normalized spacial score (nSPS) is 17.1. The Kier molecular flexibility index (Phi) is 6.47. The lowest BCUT2D eigenvalue weighted by atomic mass is 9.68. The van der Waals surface area contributed by atoms with E-state index in [4.69, 9.17) is 16.3 Å². The van der Waals surface area contributed by atoms with E-state index in [0.29, 0.717) is 31.3 Å². The Labute approximate surface area is 170 Å². The summed E-state index contributed by atoms with van der Waals surface area (Å²) >= 11 is 6.25. The second-order valence-corrected chi connectivity index (χ2v) is 8.47. The number of benzene rings is 1. The van der Waals surface area contributed by atoms with Crippen LogP contribution in [0.4, 0.5) is 4.79 Å². The second kappa shape index (κ2) is 8.68. The molecule has 0 spiro atoms. The fourth-order valence-corrected chi connectivity index (χ4v) is 4.32. The zero-order valence-electron chi connectivity index (χ0n) is 16.7. The predicted molar refractivity (Wildman–Crippen MR) is 109 cm³/mol. The largest absolute Gasteiger partial charge is 0.388 e. The maximum absolute atomic E-state index is 12.2. The number of methoxy groups -OCH3 is 1. The zero-order valence-corrected chi connectivity index (χ0v) is 17.4. The van der Waals surface area contributed by atoms with Gasteiger partial charge in [0.25, 0.3) is 0 Å². The number of urea groups is 1. The van der Waals surface area contributed by atoms with Crippen molar-refractivity contribution in [3.05, 3.63) is 28.9 Å². The first-order chi connectivity index (χ1) is 13.3. The van der Waals surface area contributed by atoms with Gasteiger partial charge in [-0.1, -0.05) is 25.4 Å².